The Labute approximate surface area is 414 Å². The zero-order valence-corrected chi connectivity index (χ0v) is 42.8. The number of hydrogen-bond donors (Lipinski definition) is 2. The van der Waals surface area contributed by atoms with Gasteiger partial charge >= 0.3 is 5.97 Å². The number of Topliss-reactive ketones (excluding diaryl/α,β-unsaturated/α-hetero) is 2. The average Bonchev–Trinajstić information content (AvgIpc) is 3.36. The second-order valence-electron chi connectivity index (χ2n) is 20.9. The maximum atomic E-state index is 14.6. The molecule has 1 aliphatic carbocycles. The molecule has 4 aliphatic rings. The number of allylic oxidation sites excluding steroid dienone is 3. The molecule has 382 valence electrons. The third-order valence-electron chi connectivity index (χ3n) is 15.9. The van der Waals surface area contributed by atoms with Crippen LogP contribution in [-0.4, -0.2) is 121 Å². The molecule has 3 fully saturated rings. The minimum absolute atomic E-state index is 0.00390. The van der Waals surface area contributed by atoms with Gasteiger partial charge in [0.15, 0.2) is 0 Å². The van der Waals surface area contributed by atoms with Crippen molar-refractivity contribution >= 4 is 45.0 Å². The van der Waals surface area contributed by atoms with Gasteiger partial charge in [-0.25, -0.2) is 4.79 Å². The van der Waals surface area contributed by atoms with E-state index in [0.29, 0.717) is 50.5 Å². The average molecular weight is 968 g/mol. The summed E-state index contributed by atoms with van der Waals surface area (Å²) in [4.78, 5) is 58.8. The number of aliphatic hydroxyl groups excluding tert-OH is 1. The first kappa shape index (κ1) is 53.3. The van der Waals surface area contributed by atoms with Gasteiger partial charge in [0.25, 0.3) is 11.7 Å². The number of methoxy groups -OCH3 is 3. The molecule has 0 spiro atoms. The molecule has 1 saturated carbocycles. The Morgan fingerprint density at radius 1 is 0.829 bits per heavy atom. The number of aliphatic hydroxyl groups is 2. The summed E-state index contributed by atoms with van der Waals surface area (Å²) in [6, 6.07) is 17.5. The number of ketones is 2. The number of piperidine rings is 1. The lowest BCUT2D eigenvalue weighted by molar-refractivity contribution is -0.302. The molecule has 3 aromatic carbocycles. The van der Waals surface area contributed by atoms with E-state index in [2.05, 4.69) is 43.3 Å². The maximum Gasteiger partial charge on any atom is 0.329 e. The van der Waals surface area contributed by atoms with Crippen LogP contribution >= 0.6 is 0 Å². The van der Waals surface area contributed by atoms with E-state index >= 15 is 0 Å². The Hall–Kier alpha value is -4.50. The fourth-order valence-electron chi connectivity index (χ4n) is 11.8. The summed E-state index contributed by atoms with van der Waals surface area (Å²) in [7, 11) is 4.78. The highest BCUT2D eigenvalue weighted by molar-refractivity contribution is 6.39. The number of nitrogens with zero attached hydrogens (tertiary/aromatic N) is 1. The number of carbonyl (C=O) groups is 4. The molecule has 0 aromatic heterocycles. The molecule has 3 heterocycles. The number of amides is 1. The first-order chi connectivity index (χ1) is 33.5. The summed E-state index contributed by atoms with van der Waals surface area (Å²) >= 11 is 0. The highest BCUT2D eigenvalue weighted by Gasteiger charge is 2.56. The molecule has 2 bridgehead atoms. The molecule has 7 rings (SSSR count). The Kier molecular flexibility index (Phi) is 17.8. The predicted molar refractivity (Wildman–Crippen MR) is 268 cm³/mol. The van der Waals surface area contributed by atoms with Crippen molar-refractivity contribution in [2.24, 2.45) is 29.6 Å². The maximum absolute atomic E-state index is 14.6. The summed E-state index contributed by atoms with van der Waals surface area (Å²) in [5.41, 5.74) is 1.69. The molecule has 3 aliphatic heterocycles. The first-order valence-corrected chi connectivity index (χ1v) is 25.7. The van der Waals surface area contributed by atoms with E-state index in [-0.39, 0.29) is 55.6 Å². The second-order valence-corrected chi connectivity index (χ2v) is 20.9. The molecule has 2 saturated heterocycles. The molecule has 3 aromatic rings. The lowest BCUT2D eigenvalue weighted by Gasteiger charge is -2.47. The van der Waals surface area contributed by atoms with Crippen LogP contribution in [0.4, 0.5) is 0 Å². The van der Waals surface area contributed by atoms with Crippen LogP contribution in [-0.2, 0) is 42.9 Å². The number of ether oxygens (including phenoxy) is 6. The van der Waals surface area contributed by atoms with Crippen LogP contribution in [0.15, 0.2) is 77.9 Å². The van der Waals surface area contributed by atoms with Gasteiger partial charge in [0.1, 0.15) is 35.9 Å². The normalized spacial score (nSPS) is 35.6. The van der Waals surface area contributed by atoms with Gasteiger partial charge in [-0.15, -0.1) is 0 Å². The van der Waals surface area contributed by atoms with Crippen LogP contribution in [0.1, 0.15) is 112 Å². The van der Waals surface area contributed by atoms with E-state index < -0.39 is 77.8 Å². The van der Waals surface area contributed by atoms with E-state index in [1.807, 2.05) is 51.1 Å². The topological polar surface area (TPSA) is 167 Å². The van der Waals surface area contributed by atoms with Crippen molar-refractivity contribution < 1.29 is 57.8 Å². The zero-order valence-electron chi connectivity index (χ0n) is 42.8. The molecular formula is C57H77NO12. The lowest BCUT2D eigenvalue weighted by atomic mass is 9.81. The SMILES string of the molecule is CCC1/C=C(\C)CC(C)CC(OC)C2OC(O)(C(=O)C(=O)N3CCCCC3C(=O)OC(C(C)=CC3CCC(Oc4cc5ccccc5c5ccccc45)C(OC)C3)C(C)C(O)CC1=O)C(C)CC2OC. The predicted octanol–water partition coefficient (Wildman–Crippen LogP) is 8.87. The number of rotatable bonds is 8. The summed E-state index contributed by atoms with van der Waals surface area (Å²) in [5, 5.41) is 28.5. The molecule has 70 heavy (non-hydrogen) atoms. The minimum atomic E-state index is -2.51. The van der Waals surface area contributed by atoms with Crippen molar-refractivity contribution in [3.8, 4) is 5.75 Å². The van der Waals surface area contributed by atoms with E-state index in [0.717, 1.165) is 39.3 Å². The van der Waals surface area contributed by atoms with Crippen LogP contribution in [0, 0.1) is 29.6 Å². The highest BCUT2D eigenvalue weighted by atomic mass is 16.7. The first-order valence-electron chi connectivity index (χ1n) is 25.7. The van der Waals surface area contributed by atoms with Crippen LogP contribution in [0.3, 0.4) is 0 Å². The van der Waals surface area contributed by atoms with Crippen molar-refractivity contribution in [1.29, 1.82) is 0 Å². The Morgan fingerprint density at radius 3 is 2.20 bits per heavy atom. The van der Waals surface area contributed by atoms with Crippen molar-refractivity contribution in [3.63, 3.8) is 0 Å². The van der Waals surface area contributed by atoms with Gasteiger partial charge in [-0.2, -0.15) is 0 Å². The number of esters is 1. The highest BCUT2D eigenvalue weighted by Crippen LogP contribution is 2.41. The van der Waals surface area contributed by atoms with Crippen LogP contribution < -0.4 is 4.74 Å². The molecular weight excluding hydrogens is 891 g/mol. The summed E-state index contributed by atoms with van der Waals surface area (Å²) < 4.78 is 37.5. The number of hydrogen-bond acceptors (Lipinski definition) is 12. The van der Waals surface area contributed by atoms with Crippen LogP contribution in [0.5, 0.6) is 5.75 Å². The Morgan fingerprint density at radius 2 is 1.50 bits per heavy atom. The van der Waals surface area contributed by atoms with E-state index in [9.17, 15) is 29.4 Å². The summed E-state index contributed by atoms with van der Waals surface area (Å²) in [5.74, 6) is -6.74. The third kappa shape index (κ3) is 11.6. The van der Waals surface area contributed by atoms with Crippen molar-refractivity contribution in [1.82, 2.24) is 4.90 Å². The number of cyclic esters (lactones) is 1. The molecule has 1 amide bonds. The fourth-order valence-corrected chi connectivity index (χ4v) is 11.8. The van der Waals surface area contributed by atoms with Crippen molar-refractivity contribution in [2.75, 3.05) is 27.9 Å². The van der Waals surface area contributed by atoms with E-state index in [4.69, 9.17) is 28.4 Å². The zero-order chi connectivity index (χ0) is 50.4. The van der Waals surface area contributed by atoms with Gasteiger partial charge in [-0.3, -0.25) is 14.4 Å². The number of benzene rings is 3. The van der Waals surface area contributed by atoms with Crippen LogP contribution in [0.25, 0.3) is 21.5 Å². The quantitative estimate of drug-likeness (QED) is 0.0955. The molecule has 13 heteroatoms. The third-order valence-corrected chi connectivity index (χ3v) is 15.9. The van der Waals surface area contributed by atoms with Crippen LogP contribution in [0.2, 0.25) is 0 Å². The fraction of sp³-hybridized carbons (Fsp3) is 0.614. The monoisotopic (exact) mass is 968 g/mol. The van der Waals surface area contributed by atoms with Gasteiger partial charge in [0.05, 0.1) is 24.4 Å². The molecule has 0 radical (unpaired) electrons. The van der Waals surface area contributed by atoms with Gasteiger partial charge in [-0.05, 0) is 118 Å². The van der Waals surface area contributed by atoms with Gasteiger partial charge < -0.3 is 43.5 Å². The van der Waals surface area contributed by atoms with Crippen molar-refractivity contribution in [3.05, 3.63) is 77.9 Å². The Bertz CT molecular complexity index is 2400. The molecule has 14 unspecified atom stereocenters. The second kappa shape index (κ2) is 23.4. The van der Waals surface area contributed by atoms with Crippen molar-refractivity contribution in [2.45, 2.75) is 167 Å². The molecule has 2 N–H and O–H groups in total. The van der Waals surface area contributed by atoms with Gasteiger partial charge in [0.2, 0.25) is 5.79 Å². The van der Waals surface area contributed by atoms with E-state index in [1.165, 1.54) is 4.90 Å². The minimum Gasteiger partial charge on any atom is -0.487 e. The summed E-state index contributed by atoms with van der Waals surface area (Å²) in [6.07, 6.45) is 4.47. The largest absolute Gasteiger partial charge is 0.487 e. The molecule has 13 nitrogen and oxygen atoms in total. The summed E-state index contributed by atoms with van der Waals surface area (Å²) in [6.45, 7) is 11.4. The van der Waals surface area contributed by atoms with Gasteiger partial charge in [-0.1, -0.05) is 94.0 Å². The number of fused-ring (bicyclic) bond motifs is 6. The smallest absolute Gasteiger partial charge is 0.329 e. The van der Waals surface area contributed by atoms with Gasteiger partial charge in [0, 0.05) is 57.4 Å². The number of carbonyl (C=O) groups excluding carboxylic acids is 4. The lowest BCUT2D eigenvalue weighted by Crippen LogP contribution is -2.64. The Balaban J connectivity index is 1.18. The standard InChI is InChI=1S/C57H77NO12/c1-10-39-26-33(2)25-34(3)27-50(66-8)53-51(67-9)29-36(5)57(64,70-53)54(61)55(62)58-24-16-15-21-44(58)56(63)69-52(37(6)45(59)32-46(39)60)35(4)28-38-22-23-47(49(30-38)65-7)68-48-31-40-17-11-12-18-41(40)42-19-13-14-20-43(42)48/h11-14,17-20,26,28,31,34,36-39,44-45,47,49-53,59,64H,10,15-16,21-25,27,29-30,32H2,1-9H3/b33-26+,35-28?. The molecule has 14 atom stereocenters. The van der Waals surface area contributed by atoms with E-state index in [1.54, 1.807) is 35.2 Å².